The van der Waals surface area contributed by atoms with Gasteiger partial charge in [-0.25, -0.2) is 0 Å². The van der Waals surface area contributed by atoms with Crippen LogP contribution >= 0.6 is 0 Å². The summed E-state index contributed by atoms with van der Waals surface area (Å²) in [5, 5.41) is 0. The summed E-state index contributed by atoms with van der Waals surface area (Å²) >= 11 is 0. The molecular formula is C20H30N2O2. The minimum absolute atomic E-state index is 0.0645. The van der Waals surface area contributed by atoms with E-state index in [9.17, 15) is 9.59 Å². The van der Waals surface area contributed by atoms with E-state index < -0.39 is 0 Å². The normalized spacial score (nSPS) is 29.1. The minimum atomic E-state index is -0.330. The minimum Gasteiger partial charge on any atom is -0.329 e. The number of allylic oxidation sites excluding steroid dienone is 4. The number of imide groups is 1. The van der Waals surface area contributed by atoms with E-state index in [-0.39, 0.29) is 35.5 Å². The van der Waals surface area contributed by atoms with Crippen molar-refractivity contribution in [2.45, 2.75) is 39.5 Å². The molecule has 0 bridgehead atoms. The Labute approximate surface area is 145 Å². The molecule has 4 nitrogen and oxygen atoms in total. The molecule has 4 unspecified atom stereocenters. The summed E-state index contributed by atoms with van der Waals surface area (Å²) in [7, 11) is 0. The number of amides is 2. The van der Waals surface area contributed by atoms with Crippen LogP contribution in [0.5, 0.6) is 0 Å². The zero-order valence-electron chi connectivity index (χ0n) is 15.0. The zero-order chi connectivity index (χ0) is 17.9. The van der Waals surface area contributed by atoms with Crippen molar-refractivity contribution >= 4 is 11.8 Å². The maximum Gasteiger partial charge on any atom is 0.234 e. The fourth-order valence-electron chi connectivity index (χ4n) is 4.52. The van der Waals surface area contributed by atoms with Crippen molar-refractivity contribution in [3.05, 3.63) is 36.5 Å². The van der Waals surface area contributed by atoms with Crippen LogP contribution < -0.4 is 5.73 Å². The third kappa shape index (κ3) is 2.88. The standard InChI is InChI=1S/C20H30N2O2/c1-5-9-13(10-6-2)16-14(7-3)17-18(15(16)8-4)20(24)22(12-11-21)19(17)23/h7-8,14-15,17-18H,3-6,9-12,21H2,1-2H3. The number of nitrogens with two attached hydrogens (primary N) is 1. The van der Waals surface area contributed by atoms with Gasteiger partial charge in [-0.05, 0) is 12.8 Å². The maximum absolute atomic E-state index is 12.8. The number of hydrogen-bond donors (Lipinski definition) is 1. The lowest BCUT2D eigenvalue weighted by molar-refractivity contribution is -0.140. The maximum atomic E-state index is 12.8. The fraction of sp³-hybridized carbons (Fsp3) is 0.600. The number of carbonyl (C=O) groups is 2. The van der Waals surface area contributed by atoms with Crippen LogP contribution in [0.1, 0.15) is 39.5 Å². The highest BCUT2D eigenvalue weighted by molar-refractivity contribution is 6.06. The number of likely N-dealkylation sites (tertiary alicyclic amines) is 1. The van der Waals surface area contributed by atoms with Crippen LogP contribution in [0.25, 0.3) is 0 Å². The second-order valence-corrected chi connectivity index (χ2v) is 6.75. The molecule has 1 aliphatic carbocycles. The number of hydrogen-bond acceptors (Lipinski definition) is 3. The van der Waals surface area contributed by atoms with Gasteiger partial charge in [0.1, 0.15) is 0 Å². The second kappa shape index (κ2) is 7.93. The number of rotatable bonds is 8. The Hall–Kier alpha value is -1.68. The molecule has 2 rings (SSSR count). The van der Waals surface area contributed by atoms with Crippen molar-refractivity contribution in [2.75, 3.05) is 13.1 Å². The molecule has 1 saturated carbocycles. The molecule has 2 N–H and O–H groups in total. The molecule has 24 heavy (non-hydrogen) atoms. The number of carbonyl (C=O) groups excluding carboxylic acids is 2. The Balaban J connectivity index is 2.53. The zero-order valence-corrected chi connectivity index (χ0v) is 15.0. The van der Waals surface area contributed by atoms with Crippen LogP contribution in [0.3, 0.4) is 0 Å². The van der Waals surface area contributed by atoms with Gasteiger partial charge in [-0.1, -0.05) is 50.0 Å². The molecule has 0 aromatic carbocycles. The van der Waals surface area contributed by atoms with Crippen molar-refractivity contribution < 1.29 is 9.59 Å². The van der Waals surface area contributed by atoms with Gasteiger partial charge in [-0.2, -0.15) is 0 Å². The van der Waals surface area contributed by atoms with Crippen molar-refractivity contribution in [3.63, 3.8) is 0 Å². The van der Waals surface area contributed by atoms with Crippen LogP contribution in [0.15, 0.2) is 36.5 Å². The highest BCUT2D eigenvalue weighted by Crippen LogP contribution is 2.53. The van der Waals surface area contributed by atoms with Gasteiger partial charge < -0.3 is 5.73 Å². The van der Waals surface area contributed by atoms with Crippen molar-refractivity contribution in [1.82, 2.24) is 4.90 Å². The van der Waals surface area contributed by atoms with E-state index in [4.69, 9.17) is 5.73 Å². The van der Waals surface area contributed by atoms with Gasteiger partial charge in [0.2, 0.25) is 11.8 Å². The molecule has 1 saturated heterocycles. The first-order valence-corrected chi connectivity index (χ1v) is 9.09. The lowest BCUT2D eigenvalue weighted by Crippen LogP contribution is -2.37. The Morgan fingerprint density at radius 1 is 1.04 bits per heavy atom. The Bertz CT molecular complexity index is 520. The van der Waals surface area contributed by atoms with Gasteiger partial charge in [-0.15, -0.1) is 13.2 Å². The number of nitrogens with zero attached hydrogens (tertiary/aromatic N) is 1. The predicted octanol–water partition coefficient (Wildman–Crippen LogP) is 3.06. The van der Waals surface area contributed by atoms with Crippen LogP contribution in [0, 0.1) is 23.7 Å². The topological polar surface area (TPSA) is 63.4 Å². The molecule has 132 valence electrons. The molecule has 2 fully saturated rings. The highest BCUT2D eigenvalue weighted by atomic mass is 16.2. The molecule has 4 atom stereocenters. The molecule has 1 heterocycles. The van der Waals surface area contributed by atoms with Crippen molar-refractivity contribution in [3.8, 4) is 0 Å². The third-order valence-electron chi connectivity index (χ3n) is 5.35. The van der Waals surface area contributed by atoms with Crippen molar-refractivity contribution in [1.29, 1.82) is 0 Å². The van der Waals surface area contributed by atoms with E-state index in [2.05, 4.69) is 27.0 Å². The lowest BCUT2D eigenvalue weighted by Gasteiger charge is -2.23. The number of fused-ring (bicyclic) bond motifs is 1. The van der Waals surface area contributed by atoms with Gasteiger partial charge in [0.15, 0.2) is 0 Å². The van der Waals surface area contributed by atoms with E-state index in [0.717, 1.165) is 25.7 Å². The molecular weight excluding hydrogens is 300 g/mol. The summed E-state index contributed by atoms with van der Waals surface area (Å²) in [5.41, 5.74) is 8.19. The molecule has 4 heteroatoms. The van der Waals surface area contributed by atoms with Crippen LogP contribution in [0.2, 0.25) is 0 Å². The second-order valence-electron chi connectivity index (χ2n) is 6.75. The molecule has 0 aromatic heterocycles. The summed E-state index contributed by atoms with van der Waals surface area (Å²) in [5.74, 6) is -0.966. The van der Waals surface area contributed by atoms with E-state index >= 15 is 0 Å². The van der Waals surface area contributed by atoms with Crippen LogP contribution in [-0.2, 0) is 9.59 Å². The van der Waals surface area contributed by atoms with Crippen molar-refractivity contribution in [2.24, 2.45) is 29.4 Å². The Morgan fingerprint density at radius 2 is 1.50 bits per heavy atom. The third-order valence-corrected chi connectivity index (χ3v) is 5.35. The summed E-state index contributed by atoms with van der Waals surface area (Å²) in [6.07, 6.45) is 7.85. The van der Waals surface area contributed by atoms with Gasteiger partial charge in [0.05, 0.1) is 11.8 Å². The Morgan fingerprint density at radius 3 is 1.83 bits per heavy atom. The van der Waals surface area contributed by atoms with Gasteiger partial charge in [-0.3, -0.25) is 14.5 Å². The van der Waals surface area contributed by atoms with Crippen LogP contribution in [0.4, 0.5) is 0 Å². The summed E-state index contributed by atoms with van der Waals surface area (Å²) in [6, 6.07) is 0. The van der Waals surface area contributed by atoms with E-state index in [1.165, 1.54) is 16.0 Å². The monoisotopic (exact) mass is 330 g/mol. The predicted molar refractivity (Wildman–Crippen MR) is 97.0 cm³/mol. The lowest BCUT2D eigenvalue weighted by atomic mass is 9.85. The van der Waals surface area contributed by atoms with E-state index in [1.54, 1.807) is 0 Å². The first-order chi connectivity index (χ1) is 11.6. The van der Waals surface area contributed by atoms with E-state index in [0.29, 0.717) is 13.1 Å². The highest BCUT2D eigenvalue weighted by Gasteiger charge is 2.59. The van der Waals surface area contributed by atoms with Gasteiger partial charge in [0.25, 0.3) is 0 Å². The quantitative estimate of drug-likeness (QED) is 0.549. The summed E-state index contributed by atoms with van der Waals surface area (Å²) < 4.78 is 0. The van der Waals surface area contributed by atoms with Gasteiger partial charge >= 0.3 is 0 Å². The fourth-order valence-corrected chi connectivity index (χ4v) is 4.52. The first kappa shape index (κ1) is 18.7. The average molecular weight is 330 g/mol. The van der Waals surface area contributed by atoms with Gasteiger partial charge in [0, 0.05) is 24.9 Å². The SMILES string of the molecule is C=CC1C(=C(CCC)CCC)C(C=C)C2C(=O)N(CCN)C(=O)C12. The molecule has 2 amide bonds. The van der Waals surface area contributed by atoms with Crippen LogP contribution in [-0.4, -0.2) is 29.8 Å². The largest absolute Gasteiger partial charge is 0.329 e. The molecule has 0 spiro atoms. The summed E-state index contributed by atoms with van der Waals surface area (Å²) in [6.45, 7) is 12.9. The molecule has 1 aliphatic heterocycles. The average Bonchev–Trinajstić information content (AvgIpc) is 3.03. The first-order valence-electron chi connectivity index (χ1n) is 9.09. The smallest absolute Gasteiger partial charge is 0.234 e. The molecule has 0 aromatic rings. The van der Waals surface area contributed by atoms with E-state index in [1.807, 2.05) is 12.2 Å². The summed E-state index contributed by atoms with van der Waals surface area (Å²) in [4.78, 5) is 27.0. The Kier molecular flexibility index (Phi) is 6.16. The molecule has 0 radical (unpaired) electrons. The molecule has 2 aliphatic rings.